The highest BCUT2D eigenvalue weighted by Crippen LogP contribution is 2.14. The molecule has 0 spiro atoms. The minimum Gasteiger partial charge on any atom is -0.395 e. The SMILES string of the molecule is CC(C)(C)S(=O)(=O)N[C@H](CO)Cc1ccccc1. The molecule has 1 aromatic rings. The van der Waals surface area contributed by atoms with E-state index in [0.29, 0.717) is 6.42 Å². The minimum atomic E-state index is -3.44. The number of sulfonamides is 1. The van der Waals surface area contributed by atoms with Gasteiger partial charge in [-0.1, -0.05) is 30.3 Å². The highest BCUT2D eigenvalue weighted by atomic mass is 32.2. The first-order valence-corrected chi connectivity index (χ1v) is 7.41. The van der Waals surface area contributed by atoms with Crippen LogP contribution in [0.3, 0.4) is 0 Å². The molecule has 18 heavy (non-hydrogen) atoms. The molecule has 0 heterocycles. The molecule has 0 saturated carbocycles. The molecule has 4 nitrogen and oxygen atoms in total. The summed E-state index contributed by atoms with van der Waals surface area (Å²) >= 11 is 0. The first-order chi connectivity index (χ1) is 8.26. The van der Waals surface area contributed by atoms with E-state index in [1.54, 1.807) is 20.8 Å². The van der Waals surface area contributed by atoms with Crippen molar-refractivity contribution >= 4 is 10.0 Å². The Bertz CT molecular complexity index is 463. The lowest BCUT2D eigenvalue weighted by atomic mass is 10.1. The molecule has 0 amide bonds. The van der Waals surface area contributed by atoms with Crippen molar-refractivity contribution in [1.29, 1.82) is 0 Å². The summed E-state index contributed by atoms with van der Waals surface area (Å²) in [6, 6.07) is 9.01. The van der Waals surface area contributed by atoms with Crippen molar-refractivity contribution in [1.82, 2.24) is 4.72 Å². The van der Waals surface area contributed by atoms with E-state index in [1.165, 1.54) is 0 Å². The summed E-state index contributed by atoms with van der Waals surface area (Å²) in [5.74, 6) is 0. The number of aliphatic hydroxyl groups excluding tert-OH is 1. The Hall–Kier alpha value is -0.910. The van der Waals surface area contributed by atoms with Gasteiger partial charge in [-0.05, 0) is 32.8 Å². The van der Waals surface area contributed by atoms with Crippen molar-refractivity contribution < 1.29 is 13.5 Å². The first kappa shape index (κ1) is 15.1. The average molecular weight is 271 g/mol. The Morgan fingerprint density at radius 3 is 2.22 bits per heavy atom. The van der Waals surface area contributed by atoms with Crippen molar-refractivity contribution in [3.05, 3.63) is 35.9 Å². The predicted molar refractivity (Wildman–Crippen MR) is 72.8 cm³/mol. The van der Waals surface area contributed by atoms with Crippen LogP contribution >= 0.6 is 0 Å². The molecule has 0 aromatic heterocycles. The van der Waals surface area contributed by atoms with Gasteiger partial charge >= 0.3 is 0 Å². The molecule has 0 aliphatic heterocycles. The van der Waals surface area contributed by atoms with Gasteiger partial charge in [-0.2, -0.15) is 0 Å². The second-order valence-corrected chi connectivity index (χ2v) is 7.77. The molecular weight excluding hydrogens is 250 g/mol. The van der Waals surface area contributed by atoms with Crippen LogP contribution in [-0.4, -0.2) is 30.9 Å². The normalized spacial score (nSPS) is 14.4. The molecule has 2 N–H and O–H groups in total. The number of nitrogens with one attached hydrogen (secondary N) is 1. The maximum atomic E-state index is 12.0. The van der Waals surface area contributed by atoms with Crippen LogP contribution in [0, 0.1) is 0 Å². The maximum absolute atomic E-state index is 12.0. The summed E-state index contributed by atoms with van der Waals surface area (Å²) in [5, 5.41) is 9.29. The molecule has 5 heteroatoms. The van der Waals surface area contributed by atoms with Crippen LogP contribution in [0.4, 0.5) is 0 Å². The zero-order valence-electron chi connectivity index (χ0n) is 11.1. The molecule has 0 radical (unpaired) electrons. The Morgan fingerprint density at radius 2 is 1.78 bits per heavy atom. The number of hydrogen-bond donors (Lipinski definition) is 2. The lowest BCUT2D eigenvalue weighted by Crippen LogP contribution is -2.46. The second-order valence-electron chi connectivity index (χ2n) is 5.30. The highest BCUT2D eigenvalue weighted by Gasteiger charge is 2.30. The van der Waals surface area contributed by atoms with Gasteiger partial charge in [0.15, 0.2) is 0 Å². The van der Waals surface area contributed by atoms with Crippen LogP contribution in [-0.2, 0) is 16.4 Å². The standard InChI is InChI=1S/C13H21NO3S/c1-13(2,3)18(16,17)14-12(10-15)9-11-7-5-4-6-8-11/h4-8,12,14-15H,9-10H2,1-3H3/t12-/m0/s1. The summed E-state index contributed by atoms with van der Waals surface area (Å²) in [6.07, 6.45) is 0.479. The van der Waals surface area contributed by atoms with E-state index < -0.39 is 20.8 Å². The van der Waals surface area contributed by atoms with E-state index in [4.69, 9.17) is 0 Å². The third-order valence-corrected chi connectivity index (χ3v) is 4.93. The maximum Gasteiger partial charge on any atom is 0.216 e. The average Bonchev–Trinajstić information content (AvgIpc) is 2.27. The van der Waals surface area contributed by atoms with E-state index in [-0.39, 0.29) is 6.61 Å². The third kappa shape index (κ3) is 4.08. The van der Waals surface area contributed by atoms with Crippen LogP contribution in [0.15, 0.2) is 30.3 Å². The van der Waals surface area contributed by atoms with Crippen LogP contribution < -0.4 is 4.72 Å². The van der Waals surface area contributed by atoms with Gasteiger partial charge in [0.25, 0.3) is 0 Å². The first-order valence-electron chi connectivity index (χ1n) is 5.93. The van der Waals surface area contributed by atoms with E-state index >= 15 is 0 Å². The Morgan fingerprint density at radius 1 is 1.22 bits per heavy atom. The van der Waals surface area contributed by atoms with E-state index in [0.717, 1.165) is 5.56 Å². The zero-order valence-corrected chi connectivity index (χ0v) is 11.9. The molecule has 1 rings (SSSR count). The summed E-state index contributed by atoms with van der Waals surface area (Å²) in [5.41, 5.74) is 0.994. The lowest BCUT2D eigenvalue weighted by Gasteiger charge is -2.24. The topological polar surface area (TPSA) is 66.4 Å². The minimum absolute atomic E-state index is 0.218. The van der Waals surface area contributed by atoms with Gasteiger partial charge < -0.3 is 5.11 Å². The Balaban J connectivity index is 2.75. The fraction of sp³-hybridized carbons (Fsp3) is 0.538. The predicted octanol–water partition coefficient (Wildman–Crippen LogP) is 1.31. The molecule has 0 aliphatic rings. The summed E-state index contributed by atoms with van der Waals surface area (Å²) in [7, 11) is -3.44. The molecule has 0 saturated heterocycles. The van der Waals surface area contributed by atoms with Crippen LogP contribution in [0.1, 0.15) is 26.3 Å². The van der Waals surface area contributed by atoms with Gasteiger partial charge in [-0.3, -0.25) is 0 Å². The van der Waals surface area contributed by atoms with Crippen molar-refractivity contribution in [3.8, 4) is 0 Å². The molecule has 0 bridgehead atoms. The van der Waals surface area contributed by atoms with Gasteiger partial charge in [-0.25, -0.2) is 13.1 Å². The van der Waals surface area contributed by atoms with Gasteiger partial charge in [0.1, 0.15) is 0 Å². The van der Waals surface area contributed by atoms with Crippen molar-refractivity contribution in [2.75, 3.05) is 6.61 Å². The quantitative estimate of drug-likeness (QED) is 0.848. The molecule has 0 aliphatic carbocycles. The number of hydrogen-bond acceptors (Lipinski definition) is 3. The number of aliphatic hydroxyl groups is 1. The van der Waals surface area contributed by atoms with Crippen LogP contribution in [0.2, 0.25) is 0 Å². The van der Waals surface area contributed by atoms with Crippen molar-refractivity contribution in [2.45, 2.75) is 38.0 Å². The molecule has 1 atom stereocenters. The second kappa shape index (κ2) is 5.82. The van der Waals surface area contributed by atoms with Gasteiger partial charge in [0.2, 0.25) is 10.0 Å². The van der Waals surface area contributed by atoms with Gasteiger partial charge in [0.05, 0.1) is 11.4 Å². The summed E-state index contributed by atoms with van der Waals surface area (Å²) in [6.45, 7) is 4.68. The molecule has 102 valence electrons. The van der Waals surface area contributed by atoms with Crippen LogP contribution in [0.5, 0.6) is 0 Å². The lowest BCUT2D eigenvalue weighted by molar-refractivity contribution is 0.255. The third-order valence-electron chi connectivity index (χ3n) is 2.67. The van der Waals surface area contributed by atoms with E-state index in [1.807, 2.05) is 30.3 Å². The summed E-state index contributed by atoms with van der Waals surface area (Å²) in [4.78, 5) is 0. The van der Waals surface area contributed by atoms with Crippen molar-refractivity contribution in [2.24, 2.45) is 0 Å². The number of rotatable bonds is 5. The van der Waals surface area contributed by atoms with Gasteiger partial charge in [0, 0.05) is 6.04 Å². The van der Waals surface area contributed by atoms with Gasteiger partial charge in [-0.15, -0.1) is 0 Å². The molecular formula is C13H21NO3S. The van der Waals surface area contributed by atoms with E-state index in [2.05, 4.69) is 4.72 Å². The molecule has 0 fully saturated rings. The Kier molecular flexibility index (Phi) is 4.90. The Labute approximate surface area is 109 Å². The van der Waals surface area contributed by atoms with Crippen LogP contribution in [0.25, 0.3) is 0 Å². The monoisotopic (exact) mass is 271 g/mol. The fourth-order valence-corrected chi connectivity index (χ4v) is 2.39. The van der Waals surface area contributed by atoms with Crippen molar-refractivity contribution in [3.63, 3.8) is 0 Å². The summed E-state index contributed by atoms with van der Waals surface area (Å²) < 4.78 is 25.7. The smallest absolute Gasteiger partial charge is 0.216 e. The highest BCUT2D eigenvalue weighted by molar-refractivity contribution is 7.90. The fourth-order valence-electron chi connectivity index (χ4n) is 1.44. The molecule has 0 unspecified atom stereocenters. The zero-order chi connectivity index (χ0) is 13.8. The largest absolute Gasteiger partial charge is 0.395 e. The molecule has 1 aromatic carbocycles. The van der Waals surface area contributed by atoms with E-state index in [9.17, 15) is 13.5 Å². The number of benzene rings is 1.